The standard InChI is InChI=1S/C11H17Cl2N3/c1-15(2)7-8-16-11(5-3-4-6-12)10(13)9-14-16/h3,5,9H,4,6-8H2,1-2H3/b5-3+. The van der Waals surface area contributed by atoms with Gasteiger partial charge in [-0.2, -0.15) is 5.10 Å². The molecule has 0 saturated heterocycles. The van der Waals surface area contributed by atoms with Crippen LogP contribution >= 0.6 is 23.2 Å². The highest BCUT2D eigenvalue weighted by Crippen LogP contribution is 2.17. The number of allylic oxidation sites excluding steroid dienone is 1. The third kappa shape index (κ3) is 4.16. The fourth-order valence-corrected chi connectivity index (χ4v) is 1.60. The quantitative estimate of drug-likeness (QED) is 0.735. The van der Waals surface area contributed by atoms with Crippen LogP contribution in [0.25, 0.3) is 6.08 Å². The Balaban J connectivity index is 2.69. The topological polar surface area (TPSA) is 21.1 Å². The van der Waals surface area contributed by atoms with Gasteiger partial charge in [0, 0.05) is 12.4 Å². The Morgan fingerprint density at radius 1 is 1.50 bits per heavy atom. The van der Waals surface area contributed by atoms with E-state index < -0.39 is 0 Å². The first-order chi connectivity index (χ1) is 7.65. The molecule has 0 fully saturated rings. The number of likely N-dealkylation sites (N-methyl/N-ethyl adjacent to an activating group) is 1. The fourth-order valence-electron chi connectivity index (χ4n) is 1.27. The molecule has 5 heteroatoms. The highest BCUT2D eigenvalue weighted by atomic mass is 35.5. The number of aromatic nitrogens is 2. The summed E-state index contributed by atoms with van der Waals surface area (Å²) in [5, 5.41) is 4.93. The first-order valence-corrected chi connectivity index (χ1v) is 6.15. The number of rotatable bonds is 6. The van der Waals surface area contributed by atoms with E-state index in [1.54, 1.807) is 6.20 Å². The third-order valence-electron chi connectivity index (χ3n) is 2.14. The Hall–Kier alpha value is -0.510. The summed E-state index contributed by atoms with van der Waals surface area (Å²) in [7, 11) is 4.07. The number of alkyl halides is 1. The smallest absolute Gasteiger partial charge is 0.0859 e. The molecule has 1 aromatic rings. The maximum absolute atomic E-state index is 6.06. The second-order valence-corrected chi connectivity index (χ2v) is 4.57. The lowest BCUT2D eigenvalue weighted by Gasteiger charge is -2.10. The van der Waals surface area contributed by atoms with Crippen molar-refractivity contribution in [2.75, 3.05) is 26.5 Å². The maximum atomic E-state index is 6.06. The molecule has 3 nitrogen and oxygen atoms in total. The minimum absolute atomic E-state index is 0.625. The second-order valence-electron chi connectivity index (χ2n) is 3.78. The van der Waals surface area contributed by atoms with Gasteiger partial charge >= 0.3 is 0 Å². The Kier molecular flexibility index (Phi) is 5.88. The Morgan fingerprint density at radius 2 is 2.25 bits per heavy atom. The van der Waals surface area contributed by atoms with Crippen molar-refractivity contribution < 1.29 is 0 Å². The molecule has 0 spiro atoms. The average Bonchev–Trinajstić information content (AvgIpc) is 2.58. The monoisotopic (exact) mass is 261 g/mol. The minimum atomic E-state index is 0.625. The first-order valence-electron chi connectivity index (χ1n) is 5.23. The molecule has 0 amide bonds. The maximum Gasteiger partial charge on any atom is 0.0859 e. The summed E-state index contributed by atoms with van der Waals surface area (Å²) >= 11 is 11.7. The van der Waals surface area contributed by atoms with Crippen molar-refractivity contribution in [1.82, 2.24) is 14.7 Å². The highest BCUT2D eigenvalue weighted by Gasteiger charge is 2.05. The van der Waals surface area contributed by atoms with Gasteiger partial charge in [0.05, 0.1) is 23.5 Å². The van der Waals surface area contributed by atoms with Gasteiger partial charge in [-0.1, -0.05) is 17.7 Å². The van der Waals surface area contributed by atoms with Crippen molar-refractivity contribution in [1.29, 1.82) is 0 Å². The molecule has 0 bridgehead atoms. The van der Waals surface area contributed by atoms with E-state index in [-0.39, 0.29) is 0 Å². The van der Waals surface area contributed by atoms with Gasteiger partial charge in [0.2, 0.25) is 0 Å². The highest BCUT2D eigenvalue weighted by molar-refractivity contribution is 6.31. The Morgan fingerprint density at radius 3 is 2.88 bits per heavy atom. The van der Waals surface area contributed by atoms with Gasteiger partial charge in [-0.3, -0.25) is 4.68 Å². The summed E-state index contributed by atoms with van der Waals surface area (Å²) in [6.45, 7) is 1.77. The zero-order valence-corrected chi connectivity index (χ0v) is 11.2. The van der Waals surface area contributed by atoms with E-state index in [1.165, 1.54) is 0 Å². The van der Waals surface area contributed by atoms with Crippen molar-refractivity contribution >= 4 is 29.3 Å². The summed E-state index contributed by atoms with van der Waals surface area (Å²) in [4.78, 5) is 2.11. The molecule has 0 atom stereocenters. The van der Waals surface area contributed by atoms with E-state index in [9.17, 15) is 0 Å². The van der Waals surface area contributed by atoms with Gasteiger partial charge in [0.1, 0.15) is 0 Å². The Bertz CT molecular complexity index is 345. The SMILES string of the molecule is CN(C)CCn1ncc(Cl)c1/C=C/CCCl. The molecule has 0 unspecified atom stereocenters. The molecule has 0 aromatic carbocycles. The van der Waals surface area contributed by atoms with E-state index in [2.05, 4.69) is 10.00 Å². The van der Waals surface area contributed by atoms with Gasteiger partial charge in [-0.25, -0.2) is 0 Å². The Labute approximate surface area is 107 Å². The average molecular weight is 262 g/mol. The van der Waals surface area contributed by atoms with Gasteiger partial charge in [-0.05, 0) is 26.6 Å². The van der Waals surface area contributed by atoms with Crippen molar-refractivity contribution in [2.24, 2.45) is 0 Å². The van der Waals surface area contributed by atoms with Crippen LogP contribution < -0.4 is 0 Å². The largest absolute Gasteiger partial charge is 0.308 e. The van der Waals surface area contributed by atoms with Crippen LogP contribution in [0.2, 0.25) is 5.02 Å². The van der Waals surface area contributed by atoms with Crippen LogP contribution in [0.15, 0.2) is 12.3 Å². The van der Waals surface area contributed by atoms with Gasteiger partial charge in [0.25, 0.3) is 0 Å². The fraction of sp³-hybridized carbons (Fsp3) is 0.545. The number of hydrogen-bond acceptors (Lipinski definition) is 2. The van der Waals surface area contributed by atoms with E-state index in [4.69, 9.17) is 23.2 Å². The predicted molar refractivity (Wildman–Crippen MR) is 70.2 cm³/mol. The molecule has 1 heterocycles. The van der Waals surface area contributed by atoms with E-state index in [0.29, 0.717) is 10.9 Å². The van der Waals surface area contributed by atoms with E-state index >= 15 is 0 Å². The third-order valence-corrected chi connectivity index (χ3v) is 2.65. The van der Waals surface area contributed by atoms with Crippen LogP contribution in [0.5, 0.6) is 0 Å². The van der Waals surface area contributed by atoms with Crippen molar-refractivity contribution in [3.8, 4) is 0 Å². The van der Waals surface area contributed by atoms with Crippen LogP contribution in [0.1, 0.15) is 12.1 Å². The summed E-state index contributed by atoms with van der Waals surface area (Å²) in [5.41, 5.74) is 0.952. The van der Waals surface area contributed by atoms with Crippen LogP contribution in [-0.4, -0.2) is 41.2 Å². The number of nitrogens with zero attached hydrogens (tertiary/aromatic N) is 3. The van der Waals surface area contributed by atoms with Gasteiger partial charge in [-0.15, -0.1) is 11.6 Å². The lowest BCUT2D eigenvalue weighted by molar-refractivity contribution is 0.372. The van der Waals surface area contributed by atoms with Crippen molar-refractivity contribution in [3.63, 3.8) is 0 Å². The van der Waals surface area contributed by atoms with E-state index in [1.807, 2.05) is 30.9 Å². The molecule has 1 rings (SSSR count). The molecule has 0 aliphatic carbocycles. The molecule has 0 aliphatic heterocycles. The molecular formula is C11H17Cl2N3. The number of halogens is 2. The van der Waals surface area contributed by atoms with E-state index in [0.717, 1.165) is 25.2 Å². The van der Waals surface area contributed by atoms with Crippen molar-refractivity contribution in [2.45, 2.75) is 13.0 Å². The summed E-state index contributed by atoms with van der Waals surface area (Å²) < 4.78 is 1.91. The minimum Gasteiger partial charge on any atom is -0.308 e. The lowest BCUT2D eigenvalue weighted by atomic mass is 10.3. The summed E-state index contributed by atoms with van der Waals surface area (Å²) in [6, 6.07) is 0. The first kappa shape index (κ1) is 13.6. The van der Waals surface area contributed by atoms with Crippen molar-refractivity contribution in [3.05, 3.63) is 23.0 Å². The second kappa shape index (κ2) is 6.94. The molecule has 16 heavy (non-hydrogen) atoms. The summed E-state index contributed by atoms with van der Waals surface area (Å²) in [6.07, 6.45) is 6.52. The van der Waals surface area contributed by atoms with Gasteiger partial charge in [0.15, 0.2) is 0 Å². The van der Waals surface area contributed by atoms with Crippen LogP contribution in [0.3, 0.4) is 0 Å². The van der Waals surface area contributed by atoms with Crippen LogP contribution in [-0.2, 0) is 6.54 Å². The zero-order valence-electron chi connectivity index (χ0n) is 9.66. The van der Waals surface area contributed by atoms with Crippen LogP contribution in [0, 0.1) is 0 Å². The lowest BCUT2D eigenvalue weighted by Crippen LogP contribution is -2.19. The zero-order chi connectivity index (χ0) is 12.0. The van der Waals surface area contributed by atoms with Crippen LogP contribution in [0.4, 0.5) is 0 Å². The molecule has 1 aromatic heterocycles. The molecule has 0 N–H and O–H groups in total. The normalized spacial score (nSPS) is 11.8. The molecule has 90 valence electrons. The molecule has 0 radical (unpaired) electrons. The van der Waals surface area contributed by atoms with Gasteiger partial charge < -0.3 is 4.90 Å². The molecule has 0 saturated carbocycles. The molecular weight excluding hydrogens is 245 g/mol. The predicted octanol–water partition coefficient (Wildman–Crippen LogP) is 2.74. The molecule has 0 aliphatic rings. The number of hydrogen-bond donors (Lipinski definition) is 0. The summed E-state index contributed by atoms with van der Waals surface area (Å²) in [5.74, 6) is 0.625.